The molecule has 162 valence electrons. The van der Waals surface area contributed by atoms with Crippen molar-refractivity contribution in [1.29, 1.82) is 0 Å². The van der Waals surface area contributed by atoms with Crippen molar-refractivity contribution in [2.75, 3.05) is 73.0 Å². The van der Waals surface area contributed by atoms with Crippen LogP contribution in [0.1, 0.15) is 25.7 Å². The molecule has 0 heterocycles. The monoisotopic (exact) mass is 398 g/mol. The van der Waals surface area contributed by atoms with Crippen molar-refractivity contribution in [3.8, 4) is 0 Å². The van der Waals surface area contributed by atoms with Crippen LogP contribution < -0.4 is 0 Å². The summed E-state index contributed by atoms with van der Waals surface area (Å²) < 4.78 is 26.4. The minimum Gasteiger partial charge on any atom is -0.465 e. The lowest BCUT2D eigenvalue weighted by molar-refractivity contribution is -0.163. The van der Waals surface area contributed by atoms with Crippen molar-refractivity contribution >= 4 is 5.97 Å². The molecule has 0 aliphatic heterocycles. The van der Waals surface area contributed by atoms with Crippen molar-refractivity contribution in [3.63, 3.8) is 0 Å². The van der Waals surface area contributed by atoms with E-state index in [-0.39, 0.29) is 79.5 Å². The van der Waals surface area contributed by atoms with Crippen LogP contribution in [0.3, 0.4) is 0 Å². The van der Waals surface area contributed by atoms with Crippen molar-refractivity contribution < 1.29 is 48.9 Å². The Labute approximate surface area is 159 Å². The molecule has 0 rings (SSSR count). The van der Waals surface area contributed by atoms with Gasteiger partial charge in [-0.2, -0.15) is 0 Å². The van der Waals surface area contributed by atoms with E-state index in [1.165, 1.54) is 0 Å². The first kappa shape index (κ1) is 26.1. The molecule has 0 aromatic rings. The summed E-state index contributed by atoms with van der Waals surface area (Å²) in [5.41, 5.74) is -0.689. The van der Waals surface area contributed by atoms with Crippen LogP contribution in [0.2, 0.25) is 0 Å². The number of aliphatic hydroxyl groups is 4. The second kappa shape index (κ2) is 18.5. The average Bonchev–Trinajstić information content (AvgIpc) is 2.66. The van der Waals surface area contributed by atoms with Gasteiger partial charge in [-0.05, 0) is 12.8 Å². The third kappa shape index (κ3) is 14.8. The Morgan fingerprint density at radius 1 is 0.704 bits per heavy atom. The Kier molecular flexibility index (Phi) is 17.9. The van der Waals surface area contributed by atoms with Gasteiger partial charge in [0, 0.05) is 6.61 Å². The van der Waals surface area contributed by atoms with Crippen LogP contribution in [0.15, 0.2) is 0 Å². The lowest BCUT2D eigenvalue weighted by atomic mass is 9.85. The Morgan fingerprint density at radius 2 is 1.30 bits per heavy atom. The number of ether oxygens (including phenoxy) is 5. The molecule has 0 aliphatic carbocycles. The van der Waals surface area contributed by atoms with Gasteiger partial charge in [-0.1, -0.05) is 6.42 Å². The van der Waals surface area contributed by atoms with Crippen molar-refractivity contribution in [1.82, 2.24) is 0 Å². The normalized spacial score (nSPS) is 11.7. The summed E-state index contributed by atoms with van der Waals surface area (Å²) in [7, 11) is 0. The molecule has 0 aromatic heterocycles. The highest BCUT2D eigenvalue weighted by molar-refractivity contribution is 5.69. The minimum atomic E-state index is -0.689. The molecule has 0 unspecified atom stereocenters. The molecule has 0 spiro atoms. The zero-order valence-corrected chi connectivity index (χ0v) is 15.8. The lowest BCUT2D eigenvalue weighted by Crippen LogP contribution is -2.39. The molecule has 0 amide bonds. The van der Waals surface area contributed by atoms with Crippen molar-refractivity contribution in [2.45, 2.75) is 25.7 Å². The van der Waals surface area contributed by atoms with Gasteiger partial charge in [0.25, 0.3) is 0 Å². The van der Waals surface area contributed by atoms with Gasteiger partial charge in [0.05, 0.1) is 58.1 Å². The fourth-order valence-electron chi connectivity index (χ4n) is 2.23. The number of hydrogen-bond acceptors (Lipinski definition) is 10. The number of hydrogen-bond donors (Lipinski definition) is 4. The second-order valence-corrected chi connectivity index (χ2v) is 6.01. The second-order valence-electron chi connectivity index (χ2n) is 6.01. The van der Waals surface area contributed by atoms with Crippen LogP contribution >= 0.6 is 0 Å². The zero-order chi connectivity index (χ0) is 20.2. The summed E-state index contributed by atoms with van der Waals surface area (Å²) in [5.74, 6) is -0.530. The van der Waals surface area contributed by atoms with Gasteiger partial charge in [0.15, 0.2) is 0 Å². The van der Waals surface area contributed by atoms with Gasteiger partial charge in [-0.25, -0.2) is 0 Å². The van der Waals surface area contributed by atoms with E-state index < -0.39 is 11.4 Å². The van der Waals surface area contributed by atoms with Gasteiger partial charge < -0.3 is 44.1 Å². The number of esters is 1. The number of unbranched alkanes of at least 4 members (excludes halogenated alkanes) is 1. The maximum Gasteiger partial charge on any atom is 0.308 e. The molecule has 10 heteroatoms. The maximum atomic E-state index is 11.6. The molecule has 0 radical (unpaired) electrons. The van der Waals surface area contributed by atoms with E-state index in [9.17, 15) is 4.79 Å². The molecule has 0 aliphatic rings. The van der Waals surface area contributed by atoms with Crippen LogP contribution in [0.25, 0.3) is 0 Å². The Balaban J connectivity index is 4.78. The third-order valence-electron chi connectivity index (χ3n) is 3.59. The van der Waals surface area contributed by atoms with E-state index in [1.807, 2.05) is 0 Å². The fourth-order valence-corrected chi connectivity index (χ4v) is 2.23. The summed E-state index contributed by atoms with van der Waals surface area (Å²) >= 11 is 0. The molecule has 0 bridgehead atoms. The standard InChI is InChI=1S/C17H34O10/c18-5-2-1-4-17(11-25-14-23-9-7-20,12-26-15-24-10-8-21)13-27-16(22)3-6-19/h18-21H,1-15H2. The Morgan fingerprint density at radius 3 is 1.78 bits per heavy atom. The molecule has 0 fully saturated rings. The van der Waals surface area contributed by atoms with Crippen LogP contribution in [-0.4, -0.2) is 99.4 Å². The Hall–Kier alpha value is -0.850. The first-order valence-corrected chi connectivity index (χ1v) is 9.04. The molecular weight excluding hydrogens is 364 g/mol. The van der Waals surface area contributed by atoms with Crippen LogP contribution in [0, 0.1) is 5.41 Å². The molecule has 27 heavy (non-hydrogen) atoms. The van der Waals surface area contributed by atoms with Gasteiger partial charge >= 0.3 is 5.97 Å². The fraction of sp³-hybridized carbons (Fsp3) is 0.941. The summed E-state index contributed by atoms with van der Waals surface area (Å²) in [6.07, 6.45) is 1.69. The van der Waals surface area contributed by atoms with Gasteiger partial charge in [-0.15, -0.1) is 0 Å². The summed E-state index contributed by atoms with van der Waals surface area (Å²) in [6.45, 7) is 0.0768. The molecule has 0 atom stereocenters. The SMILES string of the molecule is O=C(CCO)OCC(CCCCO)(COCOCCO)COCOCCO. The zero-order valence-electron chi connectivity index (χ0n) is 15.8. The van der Waals surface area contributed by atoms with E-state index >= 15 is 0 Å². The topological polar surface area (TPSA) is 144 Å². The summed E-state index contributed by atoms with van der Waals surface area (Å²) in [6, 6.07) is 0. The van der Waals surface area contributed by atoms with E-state index in [4.69, 9.17) is 44.1 Å². The molecule has 0 aromatic carbocycles. The summed E-state index contributed by atoms with van der Waals surface area (Å²) in [4.78, 5) is 11.6. The number of aliphatic hydroxyl groups excluding tert-OH is 4. The van der Waals surface area contributed by atoms with Gasteiger partial charge in [-0.3, -0.25) is 4.79 Å². The molecule has 4 N–H and O–H groups in total. The minimum absolute atomic E-state index is 0.0112. The van der Waals surface area contributed by atoms with E-state index in [1.54, 1.807) is 0 Å². The highest BCUT2D eigenvalue weighted by Gasteiger charge is 2.33. The first-order valence-electron chi connectivity index (χ1n) is 9.04. The van der Waals surface area contributed by atoms with Crippen molar-refractivity contribution in [2.24, 2.45) is 5.41 Å². The quantitative estimate of drug-likeness (QED) is 0.115. The average molecular weight is 398 g/mol. The maximum absolute atomic E-state index is 11.6. The van der Waals surface area contributed by atoms with Gasteiger partial charge in [0.2, 0.25) is 0 Å². The predicted octanol–water partition coefficient (Wildman–Crippen LogP) is -0.973. The largest absolute Gasteiger partial charge is 0.465 e. The number of carbonyl (C=O) groups is 1. The lowest BCUT2D eigenvalue weighted by Gasteiger charge is -2.33. The van der Waals surface area contributed by atoms with E-state index in [2.05, 4.69) is 0 Å². The number of rotatable bonds is 20. The van der Waals surface area contributed by atoms with E-state index in [0.717, 1.165) is 0 Å². The van der Waals surface area contributed by atoms with Gasteiger partial charge in [0.1, 0.15) is 20.2 Å². The third-order valence-corrected chi connectivity index (χ3v) is 3.59. The highest BCUT2D eigenvalue weighted by atomic mass is 16.7. The van der Waals surface area contributed by atoms with Crippen LogP contribution in [0.4, 0.5) is 0 Å². The smallest absolute Gasteiger partial charge is 0.308 e. The first-order chi connectivity index (χ1) is 13.1. The van der Waals surface area contributed by atoms with Crippen LogP contribution in [-0.2, 0) is 28.5 Å². The Bertz CT molecular complexity index is 326. The highest BCUT2D eigenvalue weighted by Crippen LogP contribution is 2.27. The predicted molar refractivity (Wildman–Crippen MR) is 93.7 cm³/mol. The molecule has 0 saturated heterocycles. The van der Waals surface area contributed by atoms with E-state index in [0.29, 0.717) is 19.3 Å². The molecular formula is C17H34O10. The molecule has 10 nitrogen and oxygen atoms in total. The summed E-state index contributed by atoms with van der Waals surface area (Å²) in [5, 5.41) is 35.3. The van der Waals surface area contributed by atoms with Crippen molar-refractivity contribution in [3.05, 3.63) is 0 Å². The molecule has 0 saturated carbocycles. The van der Waals surface area contributed by atoms with Crippen LogP contribution in [0.5, 0.6) is 0 Å². The number of carbonyl (C=O) groups excluding carboxylic acids is 1.